The molecule has 14 heavy (non-hydrogen) atoms. The monoisotopic (exact) mass is 199 g/mol. The number of rotatable bonds is 2. The van der Waals surface area contributed by atoms with Gasteiger partial charge in [-0.15, -0.1) is 0 Å². The SMILES string of the molecule is COC(=O)C(N)C1(C)CCCCCC1. The first kappa shape index (κ1) is 11.5. The van der Waals surface area contributed by atoms with Crippen LogP contribution in [0.4, 0.5) is 0 Å². The number of carbonyl (C=O) groups excluding carboxylic acids is 1. The number of hydrogen-bond donors (Lipinski definition) is 1. The van der Waals surface area contributed by atoms with Gasteiger partial charge < -0.3 is 10.5 Å². The van der Waals surface area contributed by atoms with Crippen LogP contribution in [0.25, 0.3) is 0 Å². The molecule has 3 heteroatoms. The maximum absolute atomic E-state index is 11.4. The Bertz CT molecular complexity index is 195. The molecule has 0 bridgehead atoms. The lowest BCUT2D eigenvalue weighted by Crippen LogP contribution is -2.46. The van der Waals surface area contributed by atoms with Gasteiger partial charge in [0.05, 0.1) is 7.11 Å². The van der Waals surface area contributed by atoms with E-state index in [1.807, 2.05) is 0 Å². The van der Waals surface area contributed by atoms with E-state index < -0.39 is 6.04 Å². The third-order valence-corrected chi connectivity index (χ3v) is 3.45. The molecule has 0 aliphatic heterocycles. The van der Waals surface area contributed by atoms with Gasteiger partial charge in [0.25, 0.3) is 0 Å². The van der Waals surface area contributed by atoms with E-state index in [2.05, 4.69) is 6.92 Å². The molecule has 0 saturated heterocycles. The van der Waals surface area contributed by atoms with Crippen LogP contribution >= 0.6 is 0 Å². The Morgan fingerprint density at radius 3 is 2.21 bits per heavy atom. The van der Waals surface area contributed by atoms with Gasteiger partial charge in [0, 0.05) is 0 Å². The zero-order chi connectivity index (χ0) is 10.6. The van der Waals surface area contributed by atoms with E-state index in [0.29, 0.717) is 0 Å². The van der Waals surface area contributed by atoms with Gasteiger partial charge in [0.2, 0.25) is 0 Å². The van der Waals surface area contributed by atoms with Crippen molar-refractivity contribution in [3.8, 4) is 0 Å². The predicted molar refractivity (Wildman–Crippen MR) is 55.8 cm³/mol. The number of esters is 1. The van der Waals surface area contributed by atoms with Gasteiger partial charge in [0.1, 0.15) is 6.04 Å². The Morgan fingerprint density at radius 1 is 1.29 bits per heavy atom. The minimum Gasteiger partial charge on any atom is -0.468 e. The topological polar surface area (TPSA) is 52.3 Å². The predicted octanol–water partition coefficient (Wildman–Crippen LogP) is 1.85. The molecule has 1 aliphatic rings. The molecular weight excluding hydrogens is 178 g/mol. The average Bonchev–Trinajstić information content (AvgIpc) is 2.41. The zero-order valence-corrected chi connectivity index (χ0v) is 9.21. The molecule has 1 atom stereocenters. The quantitative estimate of drug-likeness (QED) is 0.545. The molecule has 1 saturated carbocycles. The molecule has 0 amide bonds. The van der Waals surface area contributed by atoms with Gasteiger partial charge in [-0.3, -0.25) is 4.79 Å². The fourth-order valence-electron chi connectivity index (χ4n) is 2.26. The molecule has 1 aliphatic carbocycles. The third kappa shape index (κ3) is 2.47. The Morgan fingerprint density at radius 2 is 1.79 bits per heavy atom. The fourth-order valence-corrected chi connectivity index (χ4v) is 2.26. The lowest BCUT2D eigenvalue weighted by molar-refractivity contribution is -0.145. The Balaban J connectivity index is 2.65. The number of carbonyl (C=O) groups is 1. The first-order chi connectivity index (χ1) is 6.60. The first-order valence-electron chi connectivity index (χ1n) is 5.43. The lowest BCUT2D eigenvalue weighted by atomic mass is 9.76. The summed E-state index contributed by atoms with van der Waals surface area (Å²) < 4.78 is 4.71. The van der Waals surface area contributed by atoms with E-state index in [9.17, 15) is 4.79 Å². The second-order valence-electron chi connectivity index (χ2n) is 4.57. The van der Waals surface area contributed by atoms with Crippen molar-refractivity contribution < 1.29 is 9.53 Å². The molecule has 0 spiro atoms. The van der Waals surface area contributed by atoms with Gasteiger partial charge in [-0.05, 0) is 18.3 Å². The van der Waals surface area contributed by atoms with E-state index in [1.165, 1.54) is 32.8 Å². The standard InChI is InChI=1S/C11H21NO2/c1-11(9(12)10(13)14-2)7-5-3-4-6-8-11/h9H,3-8,12H2,1-2H3. The maximum atomic E-state index is 11.4. The van der Waals surface area contributed by atoms with Crippen molar-refractivity contribution in [1.29, 1.82) is 0 Å². The molecule has 1 fully saturated rings. The van der Waals surface area contributed by atoms with Crippen molar-refractivity contribution in [2.75, 3.05) is 7.11 Å². The Hall–Kier alpha value is -0.570. The molecule has 3 nitrogen and oxygen atoms in total. The van der Waals surface area contributed by atoms with Crippen LogP contribution in [-0.2, 0) is 9.53 Å². The summed E-state index contributed by atoms with van der Waals surface area (Å²) in [5.41, 5.74) is 5.88. The summed E-state index contributed by atoms with van der Waals surface area (Å²) in [6, 6.07) is -0.453. The second kappa shape index (κ2) is 4.78. The van der Waals surface area contributed by atoms with Crippen molar-refractivity contribution in [3.63, 3.8) is 0 Å². The molecule has 0 aromatic carbocycles. The summed E-state index contributed by atoms with van der Waals surface area (Å²) in [7, 11) is 1.41. The number of nitrogens with two attached hydrogens (primary N) is 1. The highest BCUT2D eigenvalue weighted by Crippen LogP contribution is 2.37. The molecular formula is C11H21NO2. The number of methoxy groups -OCH3 is 1. The van der Waals surface area contributed by atoms with Crippen molar-refractivity contribution >= 4 is 5.97 Å². The Kier molecular flexibility index (Phi) is 3.93. The normalized spacial score (nSPS) is 23.6. The molecule has 0 heterocycles. The van der Waals surface area contributed by atoms with Crippen LogP contribution in [0.3, 0.4) is 0 Å². The van der Waals surface area contributed by atoms with Crippen molar-refractivity contribution in [2.24, 2.45) is 11.1 Å². The first-order valence-corrected chi connectivity index (χ1v) is 5.43. The van der Waals surface area contributed by atoms with Gasteiger partial charge in [-0.2, -0.15) is 0 Å². The minimum absolute atomic E-state index is 0.0520. The molecule has 0 aromatic rings. The van der Waals surface area contributed by atoms with Crippen molar-refractivity contribution in [1.82, 2.24) is 0 Å². The summed E-state index contributed by atoms with van der Waals surface area (Å²) in [5.74, 6) is -0.269. The van der Waals surface area contributed by atoms with Gasteiger partial charge in [-0.25, -0.2) is 0 Å². The van der Waals surface area contributed by atoms with E-state index in [4.69, 9.17) is 10.5 Å². The lowest BCUT2D eigenvalue weighted by Gasteiger charge is -2.32. The summed E-state index contributed by atoms with van der Waals surface area (Å²) in [6.45, 7) is 2.11. The summed E-state index contributed by atoms with van der Waals surface area (Å²) in [5, 5.41) is 0. The second-order valence-corrected chi connectivity index (χ2v) is 4.57. The van der Waals surface area contributed by atoms with E-state index in [1.54, 1.807) is 0 Å². The van der Waals surface area contributed by atoms with E-state index in [-0.39, 0.29) is 11.4 Å². The van der Waals surface area contributed by atoms with Gasteiger partial charge in [0.15, 0.2) is 0 Å². The molecule has 0 radical (unpaired) electrons. The van der Waals surface area contributed by atoms with Crippen molar-refractivity contribution in [2.45, 2.75) is 51.5 Å². The van der Waals surface area contributed by atoms with Crippen LogP contribution < -0.4 is 5.73 Å². The molecule has 1 unspecified atom stereocenters. The van der Waals surface area contributed by atoms with Gasteiger partial charge in [-0.1, -0.05) is 32.6 Å². The number of hydrogen-bond acceptors (Lipinski definition) is 3. The molecule has 1 rings (SSSR count). The van der Waals surface area contributed by atoms with Gasteiger partial charge >= 0.3 is 5.97 Å². The molecule has 2 N–H and O–H groups in total. The number of ether oxygens (including phenoxy) is 1. The highest BCUT2D eigenvalue weighted by Gasteiger charge is 2.37. The highest BCUT2D eigenvalue weighted by molar-refractivity contribution is 5.76. The summed E-state index contributed by atoms with van der Waals surface area (Å²) >= 11 is 0. The van der Waals surface area contributed by atoms with Crippen LogP contribution in [0, 0.1) is 5.41 Å². The largest absolute Gasteiger partial charge is 0.468 e. The van der Waals surface area contributed by atoms with Crippen LogP contribution in [0.15, 0.2) is 0 Å². The smallest absolute Gasteiger partial charge is 0.323 e. The average molecular weight is 199 g/mol. The van der Waals surface area contributed by atoms with E-state index in [0.717, 1.165) is 12.8 Å². The van der Waals surface area contributed by atoms with Crippen LogP contribution in [0.2, 0.25) is 0 Å². The summed E-state index contributed by atoms with van der Waals surface area (Å²) in [6.07, 6.45) is 6.99. The molecule has 82 valence electrons. The highest BCUT2D eigenvalue weighted by atomic mass is 16.5. The van der Waals surface area contributed by atoms with E-state index >= 15 is 0 Å². The van der Waals surface area contributed by atoms with Crippen LogP contribution in [0.1, 0.15) is 45.4 Å². The third-order valence-electron chi connectivity index (χ3n) is 3.45. The van der Waals surface area contributed by atoms with Crippen LogP contribution in [0.5, 0.6) is 0 Å². The minimum atomic E-state index is -0.453. The zero-order valence-electron chi connectivity index (χ0n) is 9.21. The van der Waals surface area contributed by atoms with Crippen LogP contribution in [-0.4, -0.2) is 19.1 Å². The summed E-state index contributed by atoms with van der Waals surface area (Å²) in [4.78, 5) is 11.4. The van der Waals surface area contributed by atoms with Crippen molar-refractivity contribution in [3.05, 3.63) is 0 Å². The maximum Gasteiger partial charge on any atom is 0.323 e. The fraction of sp³-hybridized carbons (Fsp3) is 0.909. The molecule has 0 aromatic heterocycles. The Labute approximate surface area is 86.0 Å².